The highest BCUT2D eigenvalue weighted by atomic mass is 14.9. The summed E-state index contributed by atoms with van der Waals surface area (Å²) in [5.74, 6) is 0.699. The molecule has 0 atom stereocenters. The van der Waals surface area contributed by atoms with Crippen LogP contribution in [0.2, 0.25) is 0 Å². The number of rotatable bonds is 6. The number of fused-ring (bicyclic) bond motifs is 8. The lowest BCUT2D eigenvalue weighted by Crippen LogP contribution is -2.28. The molecule has 2 nitrogen and oxygen atoms in total. The van der Waals surface area contributed by atoms with Crippen molar-refractivity contribution in [3.63, 3.8) is 0 Å². The second-order valence-electron chi connectivity index (χ2n) is 18.4. The van der Waals surface area contributed by atoms with Crippen molar-refractivity contribution < 1.29 is 0 Å². The van der Waals surface area contributed by atoms with Crippen LogP contribution >= 0.6 is 0 Å². The first-order valence-electron chi connectivity index (χ1n) is 23.0. The van der Waals surface area contributed by atoms with E-state index in [9.17, 15) is 0 Å². The Morgan fingerprint density at radius 2 is 0.848 bits per heavy atom. The number of hydrogen-bond acceptors (Lipinski definition) is 2. The van der Waals surface area contributed by atoms with Gasteiger partial charge in [-0.2, -0.15) is 0 Å². The molecule has 2 heteroatoms. The third-order valence-corrected chi connectivity index (χ3v) is 14.5. The Morgan fingerprint density at radius 3 is 1.58 bits per heavy atom. The molecule has 0 saturated carbocycles. The van der Waals surface area contributed by atoms with Crippen LogP contribution in [0.15, 0.2) is 231 Å². The number of hydrogen-bond donors (Lipinski definition) is 0. The van der Waals surface area contributed by atoms with Crippen LogP contribution in [0.25, 0.3) is 88.8 Å². The molecule has 0 radical (unpaired) electrons. The Labute approximate surface area is 385 Å². The van der Waals surface area contributed by atoms with Gasteiger partial charge in [-0.1, -0.05) is 220 Å². The third-order valence-electron chi connectivity index (χ3n) is 14.5. The number of benzene rings is 10. The third kappa shape index (κ3) is 5.61. The highest BCUT2D eigenvalue weighted by Gasteiger charge is 2.46. The molecule has 1 heterocycles. The molecule has 0 saturated heterocycles. The van der Waals surface area contributed by atoms with E-state index in [1.165, 1.54) is 82.9 Å². The van der Waals surface area contributed by atoms with E-state index in [-0.39, 0.29) is 5.41 Å². The Bertz CT molecular complexity index is 3680. The van der Waals surface area contributed by atoms with Crippen LogP contribution < -0.4 is 0 Å². The minimum Gasteiger partial charge on any atom is -0.228 e. The van der Waals surface area contributed by atoms with Crippen LogP contribution in [0.4, 0.5) is 0 Å². The average Bonchev–Trinajstić information content (AvgIpc) is 3.80. The summed E-state index contributed by atoms with van der Waals surface area (Å²) < 4.78 is 0. The van der Waals surface area contributed by atoms with Gasteiger partial charge in [-0.15, -0.1) is 0 Å². The molecule has 1 aromatic heterocycles. The summed E-state index contributed by atoms with van der Waals surface area (Å²) in [5, 5.41) is 4.92. The van der Waals surface area contributed by atoms with Gasteiger partial charge < -0.3 is 0 Å². The van der Waals surface area contributed by atoms with Crippen molar-refractivity contribution in [1.29, 1.82) is 0 Å². The van der Waals surface area contributed by atoms with Crippen LogP contribution in [-0.2, 0) is 10.8 Å². The second kappa shape index (κ2) is 14.7. The average molecular weight is 841 g/mol. The molecule has 0 amide bonds. The fraction of sp³-hybridized carbons (Fsp3) is 0.0625. The van der Waals surface area contributed by atoms with Crippen molar-refractivity contribution in [3.8, 4) is 67.3 Å². The predicted octanol–water partition coefficient (Wildman–Crippen LogP) is 16.1. The molecular formula is C64H44N2. The van der Waals surface area contributed by atoms with Crippen molar-refractivity contribution in [2.45, 2.75) is 24.7 Å². The van der Waals surface area contributed by atoms with Gasteiger partial charge in [0.05, 0.1) is 16.8 Å². The summed E-state index contributed by atoms with van der Waals surface area (Å²) in [5.41, 5.74) is 19.6. The molecule has 0 aliphatic heterocycles. The van der Waals surface area contributed by atoms with Gasteiger partial charge in [0.25, 0.3) is 0 Å². The molecule has 0 bridgehead atoms. The van der Waals surface area contributed by atoms with E-state index >= 15 is 0 Å². The maximum Gasteiger partial charge on any atom is 0.160 e. The van der Waals surface area contributed by atoms with Crippen LogP contribution in [0.5, 0.6) is 0 Å². The predicted molar refractivity (Wildman–Crippen MR) is 274 cm³/mol. The van der Waals surface area contributed by atoms with E-state index in [1.807, 2.05) is 6.07 Å². The van der Waals surface area contributed by atoms with Gasteiger partial charge in [0.1, 0.15) is 0 Å². The Balaban J connectivity index is 1.01. The highest BCUT2D eigenvalue weighted by Crippen LogP contribution is 2.57. The van der Waals surface area contributed by atoms with Gasteiger partial charge in [-0.25, -0.2) is 9.97 Å². The molecular weight excluding hydrogens is 797 g/mol. The van der Waals surface area contributed by atoms with E-state index in [4.69, 9.17) is 9.97 Å². The van der Waals surface area contributed by atoms with Gasteiger partial charge in [0.2, 0.25) is 0 Å². The molecule has 0 spiro atoms. The van der Waals surface area contributed by atoms with Crippen molar-refractivity contribution in [1.82, 2.24) is 9.97 Å². The Hall–Kier alpha value is -8.20. The van der Waals surface area contributed by atoms with Gasteiger partial charge in [-0.05, 0) is 113 Å². The lowest BCUT2D eigenvalue weighted by Gasteiger charge is -2.34. The summed E-state index contributed by atoms with van der Waals surface area (Å²) in [6.07, 6.45) is 0. The fourth-order valence-electron chi connectivity index (χ4n) is 11.6. The van der Waals surface area contributed by atoms with Gasteiger partial charge in [0.15, 0.2) is 5.82 Å². The summed E-state index contributed by atoms with van der Waals surface area (Å²) in [4.78, 5) is 10.8. The molecule has 0 N–H and O–H groups in total. The maximum absolute atomic E-state index is 5.40. The molecule has 2 aliphatic rings. The zero-order valence-corrected chi connectivity index (χ0v) is 36.8. The molecule has 66 heavy (non-hydrogen) atoms. The quantitative estimate of drug-likeness (QED) is 0.167. The summed E-state index contributed by atoms with van der Waals surface area (Å²) in [6.45, 7) is 4.78. The van der Waals surface area contributed by atoms with Gasteiger partial charge >= 0.3 is 0 Å². The first-order chi connectivity index (χ1) is 32.5. The minimum atomic E-state index is -0.518. The Kier molecular flexibility index (Phi) is 8.51. The van der Waals surface area contributed by atoms with Crippen LogP contribution in [0.3, 0.4) is 0 Å². The minimum absolute atomic E-state index is 0.187. The normalized spacial score (nSPS) is 13.8. The standard InChI is InChI=1S/C64H44N2/c1-63(2)57-38-43-22-13-12-21-42(43)37-55(57)54-31-18-30-53(61(54)63)49-35-36-52(48-28-15-14-27-47(48)49)60-40-59(65-62(66-60)41-19-6-3-7-20-41)44-33-34-51-50-29-16-17-32-56(50)64(58(51)39-44,45-23-8-4-9-24-45)46-25-10-5-11-26-46/h3-40H,1-2H3. The topological polar surface area (TPSA) is 25.8 Å². The maximum atomic E-state index is 5.40. The lowest BCUT2D eigenvalue weighted by molar-refractivity contribution is 0.663. The van der Waals surface area contributed by atoms with Crippen molar-refractivity contribution in [2.75, 3.05) is 0 Å². The number of nitrogens with zero attached hydrogens (tertiary/aromatic N) is 2. The largest absolute Gasteiger partial charge is 0.228 e. The summed E-state index contributed by atoms with van der Waals surface area (Å²) in [7, 11) is 0. The molecule has 13 rings (SSSR count). The van der Waals surface area contributed by atoms with Gasteiger partial charge in [0, 0.05) is 22.1 Å². The van der Waals surface area contributed by atoms with E-state index < -0.39 is 5.41 Å². The Morgan fingerprint density at radius 1 is 0.318 bits per heavy atom. The van der Waals surface area contributed by atoms with E-state index in [1.54, 1.807) is 0 Å². The van der Waals surface area contributed by atoms with Crippen molar-refractivity contribution >= 4 is 21.5 Å². The van der Waals surface area contributed by atoms with Crippen LogP contribution in [0.1, 0.15) is 47.2 Å². The van der Waals surface area contributed by atoms with Crippen LogP contribution in [-0.4, -0.2) is 9.97 Å². The molecule has 0 unspecified atom stereocenters. The fourth-order valence-corrected chi connectivity index (χ4v) is 11.6. The lowest BCUT2D eigenvalue weighted by atomic mass is 9.67. The zero-order valence-electron chi connectivity index (χ0n) is 36.8. The molecule has 2 aliphatic carbocycles. The molecule has 310 valence electrons. The summed E-state index contributed by atoms with van der Waals surface area (Å²) >= 11 is 0. The SMILES string of the molecule is CC1(C)c2cc3ccccc3cc2-c2cccc(-c3ccc(-c4cc(-c5ccc6c(c5)C(c5ccccc5)(c5ccccc5)c5ccccc5-6)nc(-c5ccccc5)n4)c4ccccc34)c21. The number of aromatic nitrogens is 2. The second-order valence-corrected chi connectivity index (χ2v) is 18.4. The summed E-state index contributed by atoms with van der Waals surface area (Å²) in [6, 6.07) is 84.4. The van der Waals surface area contributed by atoms with Crippen molar-refractivity contribution in [2.24, 2.45) is 0 Å². The molecule has 10 aromatic carbocycles. The first kappa shape index (κ1) is 38.3. The highest BCUT2D eigenvalue weighted by molar-refractivity contribution is 6.07. The smallest absolute Gasteiger partial charge is 0.160 e. The monoisotopic (exact) mass is 840 g/mol. The molecule has 11 aromatic rings. The molecule has 0 fully saturated rings. The van der Waals surface area contributed by atoms with E-state index in [2.05, 4.69) is 238 Å². The first-order valence-corrected chi connectivity index (χ1v) is 23.0. The van der Waals surface area contributed by atoms with Gasteiger partial charge in [-0.3, -0.25) is 0 Å². The zero-order chi connectivity index (χ0) is 44.0. The van der Waals surface area contributed by atoms with E-state index in [0.29, 0.717) is 5.82 Å². The van der Waals surface area contributed by atoms with E-state index in [0.717, 1.165) is 33.5 Å². The van der Waals surface area contributed by atoms with Crippen LogP contribution in [0, 0.1) is 0 Å². The van der Waals surface area contributed by atoms with Crippen molar-refractivity contribution in [3.05, 3.63) is 264 Å².